The van der Waals surface area contributed by atoms with Crippen LogP contribution in [0.1, 0.15) is 374 Å². The summed E-state index contributed by atoms with van der Waals surface area (Å²) in [7, 11) is -9.93. The summed E-state index contributed by atoms with van der Waals surface area (Å²) in [5, 5.41) is 10.6. The topological polar surface area (TPSA) is 237 Å². The number of phosphoric ester groups is 2. The van der Waals surface area contributed by atoms with Gasteiger partial charge in [0.1, 0.15) is 19.3 Å². The number of allylic oxidation sites excluding steroid dienone is 8. The number of esters is 4. The Bertz CT molecular complexity index is 2050. The third kappa shape index (κ3) is 71.4. The van der Waals surface area contributed by atoms with Gasteiger partial charge in [-0.05, 0) is 83.5 Å². The molecule has 3 N–H and O–H groups in total. The molecule has 574 valence electrons. The van der Waals surface area contributed by atoms with Crippen molar-refractivity contribution in [3.8, 4) is 0 Å². The number of carbonyl (C=O) groups excluding carboxylic acids is 4. The summed E-state index contributed by atoms with van der Waals surface area (Å²) in [5.41, 5.74) is 0. The fourth-order valence-corrected chi connectivity index (χ4v) is 12.8. The Labute approximate surface area is 597 Å². The SMILES string of the molecule is CC/C=C\C/C=C\C/C=C\CCCCCCCCCC(=O)OCC(COP(=O)(O)OCC(O)COP(=O)(O)OCC(COC(=O)CCCCCCCCCCCCCCCCC)OC(=O)CCCCCCCCCCCCCCC)OC(=O)CCCCCCC/C=C\CCCCCC. The zero-order valence-electron chi connectivity index (χ0n) is 62.7. The van der Waals surface area contributed by atoms with Crippen molar-refractivity contribution in [3.63, 3.8) is 0 Å². The Morgan fingerprint density at radius 2 is 0.531 bits per heavy atom. The lowest BCUT2D eigenvalue weighted by Gasteiger charge is -2.21. The van der Waals surface area contributed by atoms with Crippen LogP contribution in [-0.4, -0.2) is 96.7 Å². The Hall–Kier alpha value is -2.98. The first kappa shape index (κ1) is 95.0. The molecule has 0 heterocycles. The number of aliphatic hydroxyl groups excluding tert-OH is 1. The number of ether oxygens (including phenoxy) is 4. The lowest BCUT2D eigenvalue weighted by molar-refractivity contribution is -0.161. The van der Waals surface area contributed by atoms with Crippen molar-refractivity contribution in [1.82, 2.24) is 0 Å². The van der Waals surface area contributed by atoms with Crippen LogP contribution in [0.3, 0.4) is 0 Å². The second kappa shape index (κ2) is 72.4. The number of carbonyl (C=O) groups is 4. The third-order valence-electron chi connectivity index (χ3n) is 17.3. The molecule has 5 unspecified atom stereocenters. The molecule has 0 aliphatic heterocycles. The number of hydrogen-bond acceptors (Lipinski definition) is 15. The van der Waals surface area contributed by atoms with Gasteiger partial charge in [-0.2, -0.15) is 0 Å². The van der Waals surface area contributed by atoms with Crippen molar-refractivity contribution in [2.75, 3.05) is 39.6 Å². The zero-order chi connectivity index (χ0) is 71.8. The summed E-state index contributed by atoms with van der Waals surface area (Å²) >= 11 is 0. The van der Waals surface area contributed by atoms with Crippen LogP contribution in [0.5, 0.6) is 0 Å². The molecule has 0 aromatic rings. The largest absolute Gasteiger partial charge is 0.472 e. The van der Waals surface area contributed by atoms with Crippen molar-refractivity contribution in [2.24, 2.45) is 0 Å². The molecule has 0 saturated heterocycles. The molecule has 0 spiro atoms. The van der Waals surface area contributed by atoms with Crippen molar-refractivity contribution >= 4 is 39.5 Å². The minimum Gasteiger partial charge on any atom is -0.462 e. The minimum atomic E-state index is -4.97. The predicted molar refractivity (Wildman–Crippen MR) is 400 cm³/mol. The zero-order valence-corrected chi connectivity index (χ0v) is 64.5. The van der Waals surface area contributed by atoms with Crippen molar-refractivity contribution in [1.29, 1.82) is 0 Å². The molecule has 0 aromatic carbocycles. The fourth-order valence-electron chi connectivity index (χ4n) is 11.2. The standard InChI is InChI=1S/C79H146O17P2/c1-5-9-13-17-21-25-29-33-35-36-38-42-44-48-52-56-60-64-77(82)90-70-75(96-79(84)66-62-58-54-50-46-40-32-28-24-20-16-12-8-4)72-94-98(87,88)92-68-73(80)67-91-97(85,86)93-71-74(95-78(83)65-61-57-53-49-45-39-31-27-23-19-15-11-7-3)69-89-76(81)63-59-55-51-47-43-41-37-34-30-26-22-18-14-10-6-2/h9,13,21,25,28,32-33,35,73-75,80H,5-8,10-12,14-20,22-24,26-27,29-31,34,36-72H2,1-4H3,(H,85,86)(H,87,88)/b13-9-,25-21-,32-28-,35-33-. The van der Waals surface area contributed by atoms with Crippen LogP contribution in [0.25, 0.3) is 0 Å². The van der Waals surface area contributed by atoms with Gasteiger partial charge in [0, 0.05) is 25.7 Å². The summed E-state index contributed by atoms with van der Waals surface area (Å²) in [6.07, 6.45) is 69.4. The number of unbranched alkanes of at least 4 members (excludes halogenated alkanes) is 42. The molecule has 17 nitrogen and oxygen atoms in total. The normalized spacial score (nSPS) is 14.2. The van der Waals surface area contributed by atoms with Gasteiger partial charge >= 0.3 is 39.5 Å². The van der Waals surface area contributed by atoms with E-state index in [1.807, 2.05) is 0 Å². The lowest BCUT2D eigenvalue weighted by Crippen LogP contribution is -2.30. The highest BCUT2D eigenvalue weighted by Gasteiger charge is 2.30. The van der Waals surface area contributed by atoms with Gasteiger partial charge in [-0.3, -0.25) is 37.3 Å². The summed E-state index contributed by atoms with van der Waals surface area (Å²) < 4.78 is 68.6. The summed E-state index contributed by atoms with van der Waals surface area (Å²) in [6.45, 7) is 4.82. The van der Waals surface area contributed by atoms with E-state index in [0.29, 0.717) is 25.7 Å². The highest BCUT2D eigenvalue weighted by molar-refractivity contribution is 7.47. The van der Waals surface area contributed by atoms with Crippen LogP contribution >= 0.6 is 15.6 Å². The van der Waals surface area contributed by atoms with Gasteiger partial charge in [-0.15, -0.1) is 0 Å². The van der Waals surface area contributed by atoms with Crippen molar-refractivity contribution < 1.29 is 80.2 Å². The van der Waals surface area contributed by atoms with E-state index in [0.717, 1.165) is 148 Å². The molecule has 0 bridgehead atoms. The molecule has 0 amide bonds. The predicted octanol–water partition coefficient (Wildman–Crippen LogP) is 22.9. The van der Waals surface area contributed by atoms with Crippen LogP contribution in [0, 0.1) is 0 Å². The minimum absolute atomic E-state index is 0.0874. The van der Waals surface area contributed by atoms with Gasteiger partial charge in [0.05, 0.1) is 26.4 Å². The molecule has 0 aromatic heterocycles. The lowest BCUT2D eigenvalue weighted by atomic mass is 10.0. The Balaban J connectivity index is 5.29. The summed E-state index contributed by atoms with van der Waals surface area (Å²) in [6, 6.07) is 0. The first-order valence-corrected chi connectivity index (χ1v) is 42.9. The van der Waals surface area contributed by atoms with E-state index < -0.39 is 97.5 Å². The second-order valence-electron chi connectivity index (χ2n) is 27.0. The van der Waals surface area contributed by atoms with E-state index in [1.165, 1.54) is 148 Å². The second-order valence-corrected chi connectivity index (χ2v) is 29.9. The van der Waals surface area contributed by atoms with E-state index in [9.17, 15) is 43.2 Å². The highest BCUT2D eigenvalue weighted by Crippen LogP contribution is 2.45. The Morgan fingerprint density at radius 3 is 0.837 bits per heavy atom. The number of phosphoric acid groups is 2. The number of rotatable bonds is 76. The van der Waals surface area contributed by atoms with E-state index >= 15 is 0 Å². The van der Waals surface area contributed by atoms with Gasteiger partial charge < -0.3 is 33.8 Å². The van der Waals surface area contributed by atoms with Crippen LogP contribution in [-0.2, 0) is 65.4 Å². The third-order valence-corrected chi connectivity index (χ3v) is 19.2. The Morgan fingerprint density at radius 1 is 0.296 bits per heavy atom. The fraction of sp³-hybridized carbons (Fsp3) is 0.848. The molecule has 98 heavy (non-hydrogen) atoms. The molecule has 0 aliphatic rings. The molecule has 0 rings (SSSR count). The van der Waals surface area contributed by atoms with Gasteiger partial charge in [0.25, 0.3) is 0 Å². The van der Waals surface area contributed by atoms with Crippen LogP contribution in [0.4, 0.5) is 0 Å². The van der Waals surface area contributed by atoms with E-state index in [1.54, 1.807) is 0 Å². The van der Waals surface area contributed by atoms with Crippen LogP contribution < -0.4 is 0 Å². The molecular weight excluding hydrogens is 1280 g/mol. The van der Waals surface area contributed by atoms with Crippen molar-refractivity contribution in [3.05, 3.63) is 48.6 Å². The summed E-state index contributed by atoms with van der Waals surface area (Å²) in [5.74, 6) is -2.15. The van der Waals surface area contributed by atoms with Crippen molar-refractivity contribution in [2.45, 2.75) is 393 Å². The molecule has 0 aliphatic carbocycles. The van der Waals surface area contributed by atoms with E-state index in [4.69, 9.17) is 37.0 Å². The molecule has 19 heteroatoms. The van der Waals surface area contributed by atoms with Crippen LogP contribution in [0.2, 0.25) is 0 Å². The number of aliphatic hydroxyl groups is 1. The molecule has 0 saturated carbocycles. The first-order chi connectivity index (χ1) is 47.7. The maximum atomic E-state index is 13.1. The van der Waals surface area contributed by atoms with Gasteiger partial charge in [-0.25, -0.2) is 9.13 Å². The van der Waals surface area contributed by atoms with Gasteiger partial charge in [-0.1, -0.05) is 314 Å². The van der Waals surface area contributed by atoms with E-state index in [2.05, 4.69) is 76.3 Å². The molecule has 0 fully saturated rings. The van der Waals surface area contributed by atoms with Gasteiger partial charge in [0.2, 0.25) is 0 Å². The highest BCUT2D eigenvalue weighted by atomic mass is 31.2. The number of hydrogen-bond donors (Lipinski definition) is 3. The van der Waals surface area contributed by atoms with E-state index in [-0.39, 0.29) is 25.7 Å². The smallest absolute Gasteiger partial charge is 0.462 e. The Kier molecular flexibility index (Phi) is 70.2. The van der Waals surface area contributed by atoms with Gasteiger partial charge in [0.15, 0.2) is 12.2 Å². The molecule has 5 atom stereocenters. The maximum Gasteiger partial charge on any atom is 0.472 e. The van der Waals surface area contributed by atoms with Crippen LogP contribution in [0.15, 0.2) is 48.6 Å². The summed E-state index contributed by atoms with van der Waals surface area (Å²) in [4.78, 5) is 72.9. The quantitative estimate of drug-likeness (QED) is 0.0169. The first-order valence-electron chi connectivity index (χ1n) is 39.9. The molecular formula is C79H146O17P2. The monoisotopic (exact) mass is 1430 g/mol. The average molecular weight is 1430 g/mol. The molecule has 0 radical (unpaired) electrons. The average Bonchev–Trinajstić information content (AvgIpc) is 0.969. The maximum absolute atomic E-state index is 13.1.